The highest BCUT2D eigenvalue weighted by atomic mass is 16.3. The smallest absolute Gasteiger partial charge is 0.156 e. The summed E-state index contributed by atoms with van der Waals surface area (Å²) >= 11 is 0. The highest BCUT2D eigenvalue weighted by molar-refractivity contribution is 5.93. The highest BCUT2D eigenvalue weighted by Crippen LogP contribution is 2.83. The maximum absolute atomic E-state index is 11.8. The van der Waals surface area contributed by atoms with E-state index in [2.05, 4.69) is 13.0 Å². The maximum atomic E-state index is 11.8. The van der Waals surface area contributed by atoms with Gasteiger partial charge in [0.15, 0.2) is 5.78 Å². The van der Waals surface area contributed by atoms with Gasteiger partial charge in [-0.25, -0.2) is 0 Å². The maximum Gasteiger partial charge on any atom is 0.156 e. The van der Waals surface area contributed by atoms with Crippen LogP contribution in [0.15, 0.2) is 22.8 Å². The molecular formula is C21H25NO2. The topological polar surface area (TPSA) is 61.1 Å². The first-order chi connectivity index (χ1) is 11.5. The summed E-state index contributed by atoms with van der Waals surface area (Å²) in [6.07, 6.45) is 10.0. The second-order valence-electron chi connectivity index (χ2n) is 9.08. The van der Waals surface area contributed by atoms with Crippen LogP contribution in [0.25, 0.3) is 0 Å². The zero-order valence-corrected chi connectivity index (χ0v) is 14.4. The molecule has 5 rings (SSSR count). The largest absolute Gasteiger partial charge is 0.388 e. The number of ketones is 1. The fourth-order valence-electron chi connectivity index (χ4n) is 7.33. The van der Waals surface area contributed by atoms with Crippen molar-refractivity contribution in [3.63, 3.8) is 0 Å². The minimum absolute atomic E-state index is 0.110. The summed E-state index contributed by atoms with van der Waals surface area (Å²) in [5, 5.41) is 20.6. The van der Waals surface area contributed by atoms with Gasteiger partial charge in [-0.1, -0.05) is 12.5 Å². The standard InChI is InChI=1S/C21H25NO2/c1-19-7-6-17-16-4-3-15(23)10-13(16)2-5-18(17)21(19)12-14(21)11-20(19,24)8-9-22/h10,14,18,24H,2-8,11-12H2,1H3/t14-,18-,19-,20+,21+/m1/s1. The fraction of sp³-hybridized carbons (Fsp3) is 0.714. The monoisotopic (exact) mass is 323 g/mol. The van der Waals surface area contributed by atoms with Gasteiger partial charge in [0, 0.05) is 11.8 Å². The molecule has 0 aromatic rings. The Balaban J connectivity index is 1.60. The van der Waals surface area contributed by atoms with Gasteiger partial charge in [-0.2, -0.15) is 5.26 Å². The molecule has 24 heavy (non-hydrogen) atoms. The second-order valence-corrected chi connectivity index (χ2v) is 9.08. The molecule has 0 aromatic heterocycles. The third-order valence-electron chi connectivity index (χ3n) is 8.53. The van der Waals surface area contributed by atoms with Gasteiger partial charge in [0.25, 0.3) is 0 Å². The van der Waals surface area contributed by atoms with Gasteiger partial charge in [0.2, 0.25) is 0 Å². The third-order valence-corrected chi connectivity index (χ3v) is 8.53. The van der Waals surface area contributed by atoms with Gasteiger partial charge in [-0.15, -0.1) is 0 Å². The Morgan fingerprint density at radius 3 is 2.92 bits per heavy atom. The van der Waals surface area contributed by atoms with Crippen LogP contribution in [0.3, 0.4) is 0 Å². The van der Waals surface area contributed by atoms with Crippen molar-refractivity contribution in [2.24, 2.45) is 22.7 Å². The first kappa shape index (κ1) is 14.9. The quantitative estimate of drug-likeness (QED) is 0.797. The Bertz CT molecular complexity index is 756. The number of nitriles is 1. The van der Waals surface area contributed by atoms with Crippen LogP contribution in [-0.4, -0.2) is 16.5 Å². The van der Waals surface area contributed by atoms with Crippen molar-refractivity contribution < 1.29 is 9.90 Å². The molecule has 0 saturated heterocycles. The van der Waals surface area contributed by atoms with E-state index in [0.717, 1.165) is 38.5 Å². The summed E-state index contributed by atoms with van der Waals surface area (Å²) in [6.45, 7) is 2.27. The van der Waals surface area contributed by atoms with Crippen LogP contribution in [0.2, 0.25) is 0 Å². The summed E-state index contributed by atoms with van der Waals surface area (Å²) in [4.78, 5) is 11.8. The van der Waals surface area contributed by atoms with Crippen LogP contribution in [0.1, 0.15) is 64.7 Å². The average Bonchev–Trinajstić information content (AvgIpc) is 3.20. The van der Waals surface area contributed by atoms with Crippen molar-refractivity contribution in [2.75, 3.05) is 0 Å². The van der Waals surface area contributed by atoms with Gasteiger partial charge in [0.05, 0.1) is 18.1 Å². The number of fused-ring (bicyclic) bond motifs is 2. The molecule has 3 nitrogen and oxygen atoms in total. The van der Waals surface area contributed by atoms with Crippen molar-refractivity contribution in [1.82, 2.24) is 0 Å². The lowest BCUT2D eigenvalue weighted by Crippen LogP contribution is -2.53. The predicted molar refractivity (Wildman–Crippen MR) is 89.8 cm³/mol. The van der Waals surface area contributed by atoms with E-state index in [1.807, 2.05) is 6.08 Å². The van der Waals surface area contributed by atoms with Crippen LogP contribution in [0, 0.1) is 34.0 Å². The van der Waals surface area contributed by atoms with E-state index in [1.165, 1.54) is 17.6 Å². The predicted octanol–water partition coefficient (Wildman–Crippen LogP) is 3.84. The molecule has 3 fully saturated rings. The van der Waals surface area contributed by atoms with Crippen molar-refractivity contribution in [2.45, 2.75) is 70.3 Å². The van der Waals surface area contributed by atoms with Crippen molar-refractivity contribution in [3.05, 3.63) is 22.8 Å². The molecule has 0 unspecified atom stereocenters. The minimum atomic E-state index is -0.792. The lowest BCUT2D eigenvalue weighted by molar-refractivity contribution is -0.115. The Labute approximate surface area is 143 Å². The Hall–Kier alpha value is -1.40. The highest BCUT2D eigenvalue weighted by Gasteiger charge is 2.80. The molecule has 1 spiro atoms. The number of hydrogen-bond acceptors (Lipinski definition) is 3. The van der Waals surface area contributed by atoms with Crippen molar-refractivity contribution in [1.29, 1.82) is 5.26 Å². The summed E-state index contributed by atoms with van der Waals surface area (Å²) in [6, 6.07) is 2.26. The Morgan fingerprint density at radius 2 is 2.12 bits per heavy atom. The van der Waals surface area contributed by atoms with E-state index in [1.54, 1.807) is 5.57 Å². The number of allylic oxidation sites excluding steroid dienone is 4. The molecule has 126 valence electrons. The molecule has 0 amide bonds. The first-order valence-corrected chi connectivity index (χ1v) is 9.50. The van der Waals surface area contributed by atoms with Gasteiger partial charge < -0.3 is 5.11 Å². The van der Waals surface area contributed by atoms with Gasteiger partial charge in [-0.3, -0.25) is 4.79 Å². The number of aliphatic hydroxyl groups is 1. The van der Waals surface area contributed by atoms with Crippen LogP contribution in [0.4, 0.5) is 0 Å². The van der Waals surface area contributed by atoms with E-state index in [9.17, 15) is 15.2 Å². The van der Waals surface area contributed by atoms with Crippen molar-refractivity contribution in [3.8, 4) is 6.07 Å². The van der Waals surface area contributed by atoms with Crippen LogP contribution >= 0.6 is 0 Å². The van der Waals surface area contributed by atoms with E-state index in [-0.39, 0.29) is 17.3 Å². The summed E-state index contributed by atoms with van der Waals surface area (Å²) in [5.74, 6) is 1.46. The molecule has 0 bridgehead atoms. The number of rotatable bonds is 1. The van der Waals surface area contributed by atoms with Crippen molar-refractivity contribution >= 4 is 5.78 Å². The molecule has 1 N–H and O–H groups in total. The SMILES string of the molecule is C[C@]12CCC3=C4CCC(=O)C=C4CC[C@H]3[C@@]13C[C@H]3C[C@@]2(O)CC#N. The molecule has 3 saturated carbocycles. The molecule has 0 heterocycles. The average molecular weight is 323 g/mol. The summed E-state index contributed by atoms with van der Waals surface area (Å²) < 4.78 is 0. The molecule has 5 atom stereocenters. The molecule has 0 aromatic carbocycles. The van der Waals surface area contributed by atoms with E-state index < -0.39 is 5.60 Å². The van der Waals surface area contributed by atoms with Gasteiger partial charge in [-0.05, 0) is 79.4 Å². The Morgan fingerprint density at radius 1 is 1.29 bits per heavy atom. The van der Waals surface area contributed by atoms with Gasteiger partial charge in [0.1, 0.15) is 0 Å². The van der Waals surface area contributed by atoms with E-state index in [0.29, 0.717) is 24.0 Å². The first-order valence-electron chi connectivity index (χ1n) is 9.50. The molecular weight excluding hydrogens is 298 g/mol. The molecule has 5 aliphatic carbocycles. The second kappa shape index (κ2) is 4.41. The number of carbonyl (C=O) groups excluding carboxylic acids is 1. The molecule has 0 radical (unpaired) electrons. The van der Waals surface area contributed by atoms with Gasteiger partial charge >= 0.3 is 0 Å². The Kier molecular flexibility index (Phi) is 2.74. The van der Waals surface area contributed by atoms with E-state index in [4.69, 9.17) is 0 Å². The number of nitrogens with zero attached hydrogens (tertiary/aromatic N) is 1. The molecule has 5 aliphatic rings. The fourth-order valence-corrected chi connectivity index (χ4v) is 7.33. The molecule has 0 aliphatic heterocycles. The minimum Gasteiger partial charge on any atom is -0.388 e. The normalized spacial score (nSPS) is 48.7. The lowest BCUT2D eigenvalue weighted by atomic mass is 9.51. The lowest BCUT2D eigenvalue weighted by Gasteiger charge is -2.54. The zero-order valence-electron chi connectivity index (χ0n) is 14.4. The number of carbonyl (C=O) groups is 1. The van der Waals surface area contributed by atoms with Crippen LogP contribution in [-0.2, 0) is 4.79 Å². The van der Waals surface area contributed by atoms with Crippen LogP contribution in [0.5, 0.6) is 0 Å². The zero-order chi connectivity index (χ0) is 16.7. The molecule has 3 heteroatoms. The summed E-state index contributed by atoms with van der Waals surface area (Å²) in [7, 11) is 0. The third kappa shape index (κ3) is 1.50. The van der Waals surface area contributed by atoms with E-state index >= 15 is 0 Å². The summed E-state index contributed by atoms with van der Waals surface area (Å²) in [5.41, 5.74) is 3.73. The van der Waals surface area contributed by atoms with Crippen LogP contribution < -0.4 is 0 Å². The number of hydrogen-bond donors (Lipinski definition) is 1.